The number of nitrogens with zero attached hydrogens (tertiary/aromatic N) is 2. The zero-order valence-electron chi connectivity index (χ0n) is 15.0. The minimum absolute atomic E-state index is 0.259. The molecule has 4 nitrogen and oxygen atoms in total. The Labute approximate surface area is 153 Å². The molecule has 26 heavy (non-hydrogen) atoms. The van der Waals surface area contributed by atoms with Gasteiger partial charge in [0.1, 0.15) is 24.3 Å². The number of rotatable bonds is 6. The van der Waals surface area contributed by atoms with Gasteiger partial charge in [-0.3, -0.25) is 0 Å². The second kappa shape index (κ2) is 7.34. The van der Waals surface area contributed by atoms with E-state index in [2.05, 4.69) is 29.3 Å². The lowest BCUT2D eigenvalue weighted by atomic mass is 9.99. The van der Waals surface area contributed by atoms with E-state index in [-0.39, 0.29) is 6.61 Å². The molecule has 4 heteroatoms. The average molecular weight is 348 g/mol. The summed E-state index contributed by atoms with van der Waals surface area (Å²) >= 11 is 0. The van der Waals surface area contributed by atoms with E-state index >= 15 is 0 Å². The minimum atomic E-state index is -0.594. The van der Waals surface area contributed by atoms with E-state index in [1.165, 1.54) is 12.0 Å². The van der Waals surface area contributed by atoms with Crippen LogP contribution in [-0.2, 0) is 6.54 Å². The molecule has 0 radical (unpaired) electrons. The third-order valence-corrected chi connectivity index (χ3v) is 5.00. The molecule has 1 N–H and O–H groups in total. The number of allylic oxidation sites excluding steroid dienone is 2. The van der Waals surface area contributed by atoms with E-state index in [0.717, 1.165) is 29.0 Å². The number of aryl methyl sites for hydroxylation is 1. The van der Waals surface area contributed by atoms with Gasteiger partial charge >= 0.3 is 0 Å². The Morgan fingerprint density at radius 2 is 2.00 bits per heavy atom. The molecule has 0 bridgehead atoms. The summed E-state index contributed by atoms with van der Waals surface area (Å²) in [7, 11) is 0. The zero-order valence-corrected chi connectivity index (χ0v) is 15.0. The fourth-order valence-electron chi connectivity index (χ4n) is 3.60. The van der Waals surface area contributed by atoms with Crippen molar-refractivity contribution >= 4 is 11.0 Å². The molecular weight excluding hydrogens is 324 g/mol. The van der Waals surface area contributed by atoms with Crippen LogP contribution in [0.3, 0.4) is 0 Å². The van der Waals surface area contributed by atoms with Crippen LogP contribution in [0.1, 0.15) is 30.1 Å². The Morgan fingerprint density at radius 3 is 2.77 bits per heavy atom. The van der Waals surface area contributed by atoms with Crippen molar-refractivity contribution in [3.63, 3.8) is 0 Å². The van der Waals surface area contributed by atoms with Gasteiger partial charge in [-0.1, -0.05) is 36.4 Å². The summed E-state index contributed by atoms with van der Waals surface area (Å²) in [5.41, 5.74) is 3.32. The number of fused-ring (bicyclic) bond motifs is 1. The van der Waals surface area contributed by atoms with Crippen molar-refractivity contribution in [2.24, 2.45) is 0 Å². The summed E-state index contributed by atoms with van der Waals surface area (Å²) in [5, 5.41) is 10.4. The van der Waals surface area contributed by atoms with Crippen LogP contribution < -0.4 is 4.74 Å². The second-order valence-corrected chi connectivity index (χ2v) is 6.90. The fraction of sp³-hybridized carbons (Fsp3) is 0.318. The molecule has 3 aromatic rings. The summed E-state index contributed by atoms with van der Waals surface area (Å²) < 4.78 is 7.82. The third-order valence-electron chi connectivity index (χ3n) is 5.00. The van der Waals surface area contributed by atoms with Crippen LogP contribution in [0.25, 0.3) is 11.0 Å². The molecule has 4 rings (SSSR count). The number of ether oxygens (including phenoxy) is 1. The van der Waals surface area contributed by atoms with Gasteiger partial charge in [0.25, 0.3) is 0 Å². The second-order valence-electron chi connectivity index (χ2n) is 6.90. The smallest absolute Gasteiger partial charge is 0.119 e. The first kappa shape index (κ1) is 16.9. The van der Waals surface area contributed by atoms with Crippen LogP contribution >= 0.6 is 0 Å². The van der Waals surface area contributed by atoms with Gasteiger partial charge in [-0.2, -0.15) is 0 Å². The molecule has 134 valence electrons. The average Bonchev–Trinajstić information content (AvgIpc) is 3.29. The molecule has 0 saturated heterocycles. The molecule has 0 unspecified atom stereocenters. The molecule has 0 spiro atoms. The molecule has 2 aromatic carbocycles. The van der Waals surface area contributed by atoms with Crippen LogP contribution in [0.5, 0.6) is 5.75 Å². The maximum atomic E-state index is 10.4. The van der Waals surface area contributed by atoms with Gasteiger partial charge in [-0.15, -0.1) is 0 Å². The lowest BCUT2D eigenvalue weighted by Gasteiger charge is -2.15. The number of hydrogen-bond acceptors (Lipinski definition) is 3. The van der Waals surface area contributed by atoms with E-state index in [0.29, 0.717) is 12.5 Å². The maximum absolute atomic E-state index is 10.4. The van der Waals surface area contributed by atoms with E-state index in [4.69, 9.17) is 4.74 Å². The Hall–Kier alpha value is -2.59. The first-order valence-electron chi connectivity index (χ1n) is 9.20. The fourth-order valence-corrected chi connectivity index (χ4v) is 3.60. The van der Waals surface area contributed by atoms with Gasteiger partial charge in [-0.05, 0) is 49.6 Å². The van der Waals surface area contributed by atoms with Crippen LogP contribution in [0, 0.1) is 6.92 Å². The Kier molecular flexibility index (Phi) is 4.76. The monoisotopic (exact) mass is 348 g/mol. The zero-order chi connectivity index (χ0) is 17.9. The summed E-state index contributed by atoms with van der Waals surface area (Å²) in [6.45, 7) is 2.69. The summed E-state index contributed by atoms with van der Waals surface area (Å²) in [4.78, 5) is 4.54. The van der Waals surface area contributed by atoms with Crippen molar-refractivity contribution in [3.05, 3.63) is 72.1 Å². The molecule has 1 aliphatic rings. The summed E-state index contributed by atoms with van der Waals surface area (Å²) in [6.07, 6.45) is 6.28. The van der Waals surface area contributed by atoms with Crippen LogP contribution in [-0.4, -0.2) is 27.4 Å². The first-order chi connectivity index (χ1) is 12.7. The molecule has 0 fully saturated rings. The number of imidazole rings is 1. The summed E-state index contributed by atoms with van der Waals surface area (Å²) in [6, 6.07) is 16.2. The first-order valence-corrected chi connectivity index (χ1v) is 9.20. The van der Waals surface area contributed by atoms with Gasteiger partial charge < -0.3 is 14.4 Å². The standard InChI is InChI=1S/C22H24N2O2/c1-16-23-21-8-4-5-9-22(21)24(16)14-19(25)15-26-20-12-10-18(11-13-20)17-6-2-3-7-17/h2,4-6,8-13,17,19,25H,3,7,14-15H2,1H3/t17-,19+/m1/s1. The van der Waals surface area contributed by atoms with E-state index in [1.54, 1.807) is 0 Å². The quantitative estimate of drug-likeness (QED) is 0.679. The topological polar surface area (TPSA) is 47.3 Å². The van der Waals surface area contributed by atoms with Gasteiger partial charge in [0.2, 0.25) is 0 Å². The molecule has 1 aliphatic carbocycles. The van der Waals surface area contributed by atoms with Gasteiger partial charge in [0.05, 0.1) is 17.6 Å². The molecule has 0 saturated carbocycles. The third kappa shape index (κ3) is 3.51. The SMILES string of the molecule is Cc1nc2ccccc2n1C[C@H](O)COc1ccc([C@@H]2C=CCC2)cc1. The minimum Gasteiger partial charge on any atom is -0.491 e. The normalized spacial score (nSPS) is 17.7. The molecule has 1 heterocycles. The molecule has 1 aromatic heterocycles. The van der Waals surface area contributed by atoms with E-state index < -0.39 is 6.10 Å². The Bertz CT molecular complexity index is 912. The lowest BCUT2D eigenvalue weighted by molar-refractivity contribution is 0.0929. The van der Waals surface area contributed by atoms with Crippen molar-refractivity contribution in [1.82, 2.24) is 9.55 Å². The number of aromatic nitrogens is 2. The lowest BCUT2D eigenvalue weighted by Crippen LogP contribution is -2.24. The Balaban J connectivity index is 1.37. The predicted molar refractivity (Wildman–Crippen MR) is 104 cm³/mol. The van der Waals surface area contributed by atoms with Gasteiger partial charge in [0, 0.05) is 5.92 Å². The highest BCUT2D eigenvalue weighted by Crippen LogP contribution is 2.29. The van der Waals surface area contributed by atoms with Crippen molar-refractivity contribution in [2.75, 3.05) is 6.61 Å². The van der Waals surface area contributed by atoms with Crippen LogP contribution in [0.15, 0.2) is 60.7 Å². The number of aliphatic hydroxyl groups is 1. The number of aliphatic hydroxyl groups excluding tert-OH is 1. The summed E-state index contributed by atoms with van der Waals surface area (Å²) in [5.74, 6) is 2.23. The van der Waals surface area contributed by atoms with Gasteiger partial charge in [-0.25, -0.2) is 4.98 Å². The van der Waals surface area contributed by atoms with Gasteiger partial charge in [0.15, 0.2) is 0 Å². The highest BCUT2D eigenvalue weighted by Gasteiger charge is 2.14. The molecular formula is C22H24N2O2. The van der Waals surface area contributed by atoms with Crippen molar-refractivity contribution in [1.29, 1.82) is 0 Å². The number of benzene rings is 2. The largest absolute Gasteiger partial charge is 0.491 e. The molecule has 0 aliphatic heterocycles. The van der Waals surface area contributed by atoms with Crippen molar-refractivity contribution in [2.45, 2.75) is 38.3 Å². The van der Waals surface area contributed by atoms with Crippen molar-refractivity contribution < 1.29 is 9.84 Å². The molecule has 2 atom stereocenters. The highest BCUT2D eigenvalue weighted by molar-refractivity contribution is 5.75. The van der Waals surface area contributed by atoms with E-state index in [1.807, 2.05) is 47.9 Å². The van der Waals surface area contributed by atoms with Crippen molar-refractivity contribution in [3.8, 4) is 5.75 Å². The maximum Gasteiger partial charge on any atom is 0.119 e. The van der Waals surface area contributed by atoms with E-state index in [9.17, 15) is 5.11 Å². The predicted octanol–water partition coefficient (Wildman–Crippen LogP) is 4.22. The Morgan fingerprint density at radius 1 is 1.19 bits per heavy atom. The highest BCUT2D eigenvalue weighted by atomic mass is 16.5. The van der Waals surface area contributed by atoms with Crippen LogP contribution in [0.4, 0.5) is 0 Å². The van der Waals surface area contributed by atoms with Crippen LogP contribution in [0.2, 0.25) is 0 Å². The number of hydrogen-bond donors (Lipinski definition) is 1. The number of para-hydroxylation sites is 2. The molecule has 0 amide bonds.